The molecule has 1 saturated heterocycles. The lowest BCUT2D eigenvalue weighted by Crippen LogP contribution is -2.37. The van der Waals surface area contributed by atoms with Gasteiger partial charge < -0.3 is 5.32 Å². The maximum atomic E-state index is 12.9. The normalized spacial score (nSPS) is 15.7. The number of sulfonamides is 2. The Kier molecular flexibility index (Phi) is 7.97. The summed E-state index contributed by atoms with van der Waals surface area (Å²) in [5, 5.41) is 2.63. The molecule has 0 bridgehead atoms. The Morgan fingerprint density at radius 2 is 1.62 bits per heavy atom. The highest BCUT2D eigenvalue weighted by molar-refractivity contribution is 9.10. The highest BCUT2D eigenvalue weighted by Gasteiger charge is 2.25. The first kappa shape index (κ1) is 24.7. The molecule has 1 aliphatic rings. The Bertz CT molecular complexity index is 1160. The van der Waals surface area contributed by atoms with Gasteiger partial charge in [-0.2, -0.15) is 4.31 Å². The fourth-order valence-corrected chi connectivity index (χ4v) is 6.26. The number of anilines is 2. The largest absolute Gasteiger partial charge is 0.325 e. The van der Waals surface area contributed by atoms with E-state index in [1.165, 1.54) is 28.6 Å². The molecule has 0 spiro atoms. The van der Waals surface area contributed by atoms with E-state index in [-0.39, 0.29) is 4.90 Å². The van der Waals surface area contributed by atoms with Crippen molar-refractivity contribution in [2.45, 2.75) is 30.6 Å². The predicted molar refractivity (Wildman–Crippen MR) is 129 cm³/mol. The Hall–Kier alpha value is -1.95. The van der Waals surface area contributed by atoms with Gasteiger partial charge >= 0.3 is 0 Å². The van der Waals surface area contributed by atoms with Crippen molar-refractivity contribution in [3.63, 3.8) is 0 Å². The van der Waals surface area contributed by atoms with Crippen molar-refractivity contribution in [1.82, 2.24) is 4.31 Å². The minimum atomic E-state index is -3.70. The number of nitrogens with zero attached hydrogens (tertiary/aromatic N) is 2. The Morgan fingerprint density at radius 1 is 1.00 bits per heavy atom. The van der Waals surface area contributed by atoms with Gasteiger partial charge in [0.15, 0.2) is 0 Å². The topological polar surface area (TPSA) is 104 Å². The zero-order valence-corrected chi connectivity index (χ0v) is 20.9. The minimum absolute atomic E-state index is 0.171. The molecule has 174 valence electrons. The molecule has 32 heavy (non-hydrogen) atoms. The van der Waals surface area contributed by atoms with Gasteiger partial charge in [0, 0.05) is 23.2 Å². The molecular weight excluding hydrogens is 518 g/mol. The van der Waals surface area contributed by atoms with E-state index in [0.29, 0.717) is 28.9 Å². The molecule has 2 aromatic carbocycles. The molecule has 2 aromatic rings. The molecule has 1 aliphatic heterocycles. The van der Waals surface area contributed by atoms with Gasteiger partial charge in [0.1, 0.15) is 6.54 Å². The summed E-state index contributed by atoms with van der Waals surface area (Å²) < 4.78 is 53.4. The summed E-state index contributed by atoms with van der Waals surface area (Å²) in [5.74, 6) is -0.543. The highest BCUT2D eigenvalue weighted by Crippen LogP contribution is 2.23. The van der Waals surface area contributed by atoms with E-state index in [1.807, 2.05) is 0 Å². The van der Waals surface area contributed by atoms with E-state index in [4.69, 9.17) is 0 Å². The molecule has 8 nitrogen and oxygen atoms in total. The van der Waals surface area contributed by atoms with Crippen LogP contribution in [0.5, 0.6) is 0 Å². The molecule has 0 aromatic heterocycles. The first-order chi connectivity index (χ1) is 15.1. The van der Waals surface area contributed by atoms with Crippen LogP contribution in [0.15, 0.2) is 57.9 Å². The molecule has 0 saturated carbocycles. The molecule has 1 fully saturated rings. The predicted octanol–water partition coefficient (Wildman–Crippen LogP) is 3.42. The van der Waals surface area contributed by atoms with Gasteiger partial charge in [-0.15, -0.1) is 0 Å². The molecule has 3 rings (SSSR count). The number of hydrogen-bond donors (Lipinski definition) is 1. The molecule has 0 radical (unpaired) electrons. The van der Waals surface area contributed by atoms with Crippen LogP contribution >= 0.6 is 15.9 Å². The van der Waals surface area contributed by atoms with E-state index in [2.05, 4.69) is 21.2 Å². The summed E-state index contributed by atoms with van der Waals surface area (Å²) in [7, 11) is -7.28. The van der Waals surface area contributed by atoms with Gasteiger partial charge in [0.2, 0.25) is 26.0 Å². The van der Waals surface area contributed by atoms with Crippen LogP contribution in [0.25, 0.3) is 0 Å². The van der Waals surface area contributed by atoms with Gasteiger partial charge in [-0.05, 0) is 55.3 Å². The smallest absolute Gasteiger partial charge is 0.245 e. The third-order valence-electron chi connectivity index (χ3n) is 5.12. The van der Waals surface area contributed by atoms with E-state index >= 15 is 0 Å². The Labute approximate surface area is 197 Å². The standard InChI is InChI=1S/C21H26BrN3O5S2/c1-31(27,28)25(19-8-6-7-17(22)15-19)16-21(26)23-18-9-11-20(12-10-18)32(29,30)24-13-4-2-3-5-14-24/h6-12,15H,2-5,13-14,16H2,1H3,(H,23,26). The van der Waals surface area contributed by atoms with Crippen LogP contribution in [0.2, 0.25) is 0 Å². The Morgan fingerprint density at radius 3 is 2.19 bits per heavy atom. The van der Waals surface area contributed by atoms with Crippen LogP contribution in [0, 0.1) is 0 Å². The van der Waals surface area contributed by atoms with E-state index < -0.39 is 32.5 Å². The van der Waals surface area contributed by atoms with Crippen molar-refractivity contribution in [2.75, 3.05) is 35.5 Å². The molecule has 1 amide bonds. The van der Waals surface area contributed by atoms with E-state index in [9.17, 15) is 21.6 Å². The van der Waals surface area contributed by atoms with Gasteiger partial charge in [-0.3, -0.25) is 9.10 Å². The molecule has 1 N–H and O–H groups in total. The number of rotatable bonds is 7. The molecule has 11 heteroatoms. The molecule has 0 aliphatic carbocycles. The van der Waals surface area contributed by atoms with Crippen LogP contribution in [0.4, 0.5) is 11.4 Å². The highest BCUT2D eigenvalue weighted by atomic mass is 79.9. The molecule has 0 unspecified atom stereocenters. The second kappa shape index (κ2) is 10.3. The SMILES string of the molecule is CS(=O)(=O)N(CC(=O)Nc1ccc(S(=O)(=O)N2CCCCCC2)cc1)c1cccc(Br)c1. The molecule has 1 heterocycles. The summed E-state index contributed by atoms with van der Waals surface area (Å²) in [6.45, 7) is 0.610. The van der Waals surface area contributed by atoms with Crippen LogP contribution in [0.3, 0.4) is 0 Å². The lowest BCUT2D eigenvalue weighted by atomic mass is 10.2. The van der Waals surface area contributed by atoms with Crippen LogP contribution in [0.1, 0.15) is 25.7 Å². The molecule has 0 atom stereocenters. The van der Waals surface area contributed by atoms with Gasteiger partial charge in [-0.1, -0.05) is 34.8 Å². The lowest BCUT2D eigenvalue weighted by molar-refractivity contribution is -0.114. The average molecular weight is 544 g/mol. The summed E-state index contributed by atoms with van der Waals surface area (Å²) in [6.07, 6.45) is 4.79. The minimum Gasteiger partial charge on any atom is -0.325 e. The summed E-state index contributed by atoms with van der Waals surface area (Å²) in [4.78, 5) is 12.7. The van der Waals surface area contributed by atoms with Gasteiger partial charge in [-0.25, -0.2) is 16.8 Å². The van der Waals surface area contributed by atoms with Crippen LogP contribution in [-0.4, -0.2) is 52.9 Å². The number of amides is 1. The average Bonchev–Trinajstić information content (AvgIpc) is 3.02. The number of carbonyl (C=O) groups is 1. The third-order valence-corrected chi connectivity index (χ3v) is 8.67. The zero-order valence-electron chi connectivity index (χ0n) is 17.7. The maximum absolute atomic E-state index is 12.9. The summed E-state index contributed by atoms with van der Waals surface area (Å²) in [5.41, 5.74) is 0.739. The van der Waals surface area contributed by atoms with Crippen molar-refractivity contribution in [1.29, 1.82) is 0 Å². The quantitative estimate of drug-likeness (QED) is 0.576. The Balaban J connectivity index is 1.71. The van der Waals surface area contributed by atoms with E-state index in [1.54, 1.807) is 24.3 Å². The zero-order chi connectivity index (χ0) is 23.4. The van der Waals surface area contributed by atoms with Crippen molar-refractivity contribution in [3.05, 3.63) is 53.0 Å². The second-order valence-electron chi connectivity index (χ2n) is 7.64. The monoisotopic (exact) mass is 543 g/mol. The lowest BCUT2D eigenvalue weighted by Gasteiger charge is -2.22. The third kappa shape index (κ3) is 6.31. The van der Waals surface area contributed by atoms with Crippen molar-refractivity contribution in [2.24, 2.45) is 0 Å². The van der Waals surface area contributed by atoms with Gasteiger partial charge in [0.25, 0.3) is 0 Å². The first-order valence-corrected chi connectivity index (χ1v) is 14.3. The van der Waals surface area contributed by atoms with Crippen molar-refractivity contribution >= 4 is 53.3 Å². The fraction of sp³-hybridized carbons (Fsp3) is 0.381. The number of halogens is 1. The summed E-state index contributed by atoms with van der Waals surface area (Å²) >= 11 is 3.30. The number of nitrogens with one attached hydrogen (secondary N) is 1. The van der Waals surface area contributed by atoms with Gasteiger partial charge in [0.05, 0.1) is 16.8 Å². The summed E-state index contributed by atoms with van der Waals surface area (Å²) in [6, 6.07) is 12.6. The number of benzene rings is 2. The maximum Gasteiger partial charge on any atom is 0.245 e. The van der Waals surface area contributed by atoms with Crippen molar-refractivity contribution in [3.8, 4) is 0 Å². The van der Waals surface area contributed by atoms with Crippen LogP contribution < -0.4 is 9.62 Å². The van der Waals surface area contributed by atoms with Crippen molar-refractivity contribution < 1.29 is 21.6 Å². The fourth-order valence-electron chi connectivity index (χ4n) is 3.50. The number of carbonyl (C=O) groups excluding carboxylic acids is 1. The molecular formula is C21H26BrN3O5S2. The second-order valence-corrected chi connectivity index (χ2v) is 12.4. The van der Waals surface area contributed by atoms with Crippen LogP contribution in [-0.2, 0) is 24.8 Å². The van der Waals surface area contributed by atoms with E-state index in [0.717, 1.165) is 36.2 Å². The number of hydrogen-bond acceptors (Lipinski definition) is 5. The first-order valence-electron chi connectivity index (χ1n) is 10.2.